The quantitative estimate of drug-likeness (QED) is 0.929. The lowest BCUT2D eigenvalue weighted by atomic mass is 10.0. The summed E-state index contributed by atoms with van der Waals surface area (Å²) in [5.41, 5.74) is 5.17. The maximum Gasteiger partial charge on any atom is 0.416 e. The van der Waals surface area contributed by atoms with Crippen LogP contribution in [0.3, 0.4) is 0 Å². The summed E-state index contributed by atoms with van der Waals surface area (Å²) in [6.45, 7) is 2.08. The number of morpholine rings is 1. The molecule has 1 atom stereocenters. The first-order valence-corrected chi connectivity index (χ1v) is 7.95. The molecule has 1 aliphatic heterocycles. The molecule has 3 rings (SSSR count). The van der Waals surface area contributed by atoms with E-state index in [1.165, 1.54) is 23.5 Å². The summed E-state index contributed by atoms with van der Waals surface area (Å²) in [6, 6.07) is 5.59. The molecule has 1 aromatic heterocycles. The van der Waals surface area contributed by atoms with Crippen molar-refractivity contribution in [2.45, 2.75) is 18.8 Å². The third kappa shape index (κ3) is 3.82. The third-order valence-corrected chi connectivity index (χ3v) is 4.53. The van der Waals surface area contributed by atoms with Crippen molar-refractivity contribution in [2.75, 3.05) is 25.4 Å². The van der Waals surface area contributed by atoms with Crippen molar-refractivity contribution in [2.24, 2.45) is 0 Å². The smallest absolute Gasteiger partial charge is 0.375 e. The summed E-state index contributed by atoms with van der Waals surface area (Å²) in [6.07, 6.45) is -3.27. The fourth-order valence-corrected chi connectivity index (χ4v) is 3.41. The molecule has 1 aliphatic rings. The molecule has 0 spiro atoms. The van der Waals surface area contributed by atoms with E-state index in [-0.39, 0.29) is 5.56 Å². The maximum atomic E-state index is 13.2. The summed E-state index contributed by atoms with van der Waals surface area (Å²) >= 11 is 1.39. The molecular weight excluding hydrogens is 327 g/mol. The molecule has 0 radical (unpaired) electrons. The van der Waals surface area contributed by atoms with Gasteiger partial charge in [0.05, 0.1) is 18.3 Å². The van der Waals surface area contributed by atoms with Crippen molar-refractivity contribution in [1.29, 1.82) is 0 Å². The number of anilines is 1. The predicted octanol–water partition coefficient (Wildman–Crippen LogP) is 3.32. The Balaban J connectivity index is 1.76. The van der Waals surface area contributed by atoms with E-state index in [2.05, 4.69) is 9.88 Å². The van der Waals surface area contributed by atoms with Crippen LogP contribution in [0, 0.1) is 0 Å². The van der Waals surface area contributed by atoms with Gasteiger partial charge in [-0.1, -0.05) is 18.2 Å². The molecule has 0 bridgehead atoms. The molecule has 2 N–H and O–H groups in total. The second kappa shape index (κ2) is 6.46. The SMILES string of the molecule is Nc1ncc(CN2CCOC(c3ccccc3C(F)(F)F)C2)s1. The minimum Gasteiger partial charge on any atom is -0.375 e. The molecular formula is C15H16F3N3OS. The van der Waals surface area contributed by atoms with Crippen LogP contribution in [0.1, 0.15) is 22.1 Å². The molecule has 0 amide bonds. The van der Waals surface area contributed by atoms with Gasteiger partial charge in [0.25, 0.3) is 0 Å². The summed E-state index contributed by atoms with van der Waals surface area (Å²) in [5, 5.41) is 0.493. The Morgan fingerprint density at radius 2 is 2.13 bits per heavy atom. The van der Waals surface area contributed by atoms with Gasteiger partial charge >= 0.3 is 6.18 Å². The number of hydrogen-bond acceptors (Lipinski definition) is 5. The minimum absolute atomic E-state index is 0.188. The number of benzene rings is 1. The minimum atomic E-state index is -4.38. The number of alkyl halides is 3. The Morgan fingerprint density at radius 1 is 1.35 bits per heavy atom. The van der Waals surface area contributed by atoms with Gasteiger partial charge in [-0.15, -0.1) is 11.3 Å². The number of ether oxygens (including phenoxy) is 1. The fourth-order valence-electron chi connectivity index (χ4n) is 2.69. The predicted molar refractivity (Wildman–Crippen MR) is 81.9 cm³/mol. The van der Waals surface area contributed by atoms with Gasteiger partial charge in [-0.2, -0.15) is 13.2 Å². The lowest BCUT2D eigenvalue weighted by Gasteiger charge is -2.33. The van der Waals surface area contributed by atoms with Gasteiger partial charge in [-0.05, 0) is 11.6 Å². The van der Waals surface area contributed by atoms with Crippen molar-refractivity contribution in [3.8, 4) is 0 Å². The summed E-state index contributed by atoms with van der Waals surface area (Å²) in [7, 11) is 0. The Hall–Kier alpha value is -1.64. The number of nitrogens with zero attached hydrogens (tertiary/aromatic N) is 2. The number of nitrogen functional groups attached to an aromatic ring is 1. The van der Waals surface area contributed by atoms with Crippen LogP contribution in [-0.4, -0.2) is 29.6 Å². The van der Waals surface area contributed by atoms with Crippen molar-refractivity contribution < 1.29 is 17.9 Å². The number of hydrogen-bond donors (Lipinski definition) is 1. The summed E-state index contributed by atoms with van der Waals surface area (Å²) < 4.78 is 45.1. The highest BCUT2D eigenvalue weighted by atomic mass is 32.1. The molecule has 4 nitrogen and oxygen atoms in total. The van der Waals surface area contributed by atoms with E-state index in [0.29, 0.717) is 31.4 Å². The zero-order valence-corrected chi connectivity index (χ0v) is 13.0. The van der Waals surface area contributed by atoms with E-state index in [1.54, 1.807) is 12.3 Å². The highest BCUT2D eigenvalue weighted by molar-refractivity contribution is 7.15. The average molecular weight is 343 g/mol. The van der Waals surface area contributed by atoms with Gasteiger partial charge in [-0.3, -0.25) is 4.90 Å². The van der Waals surface area contributed by atoms with Crippen molar-refractivity contribution in [3.05, 3.63) is 46.5 Å². The molecule has 1 fully saturated rings. The van der Waals surface area contributed by atoms with E-state index in [4.69, 9.17) is 10.5 Å². The number of nitrogens with two attached hydrogens (primary N) is 1. The molecule has 2 heterocycles. The lowest BCUT2D eigenvalue weighted by molar-refractivity contribution is -0.140. The van der Waals surface area contributed by atoms with E-state index in [0.717, 1.165) is 10.9 Å². The fraction of sp³-hybridized carbons (Fsp3) is 0.400. The largest absolute Gasteiger partial charge is 0.416 e. The lowest BCUT2D eigenvalue weighted by Crippen LogP contribution is -2.38. The molecule has 1 saturated heterocycles. The number of rotatable bonds is 3. The van der Waals surface area contributed by atoms with Gasteiger partial charge in [0.1, 0.15) is 0 Å². The highest BCUT2D eigenvalue weighted by Crippen LogP contribution is 2.36. The maximum absolute atomic E-state index is 13.2. The van der Waals surface area contributed by atoms with Crippen molar-refractivity contribution in [1.82, 2.24) is 9.88 Å². The van der Waals surface area contributed by atoms with E-state index in [1.807, 2.05) is 0 Å². The van der Waals surface area contributed by atoms with Gasteiger partial charge in [-0.25, -0.2) is 4.98 Å². The first-order chi connectivity index (χ1) is 10.9. The Kier molecular flexibility index (Phi) is 4.56. The van der Waals surface area contributed by atoms with E-state index < -0.39 is 17.8 Å². The zero-order chi connectivity index (χ0) is 16.4. The van der Waals surface area contributed by atoms with Crippen LogP contribution in [0.4, 0.5) is 18.3 Å². The highest BCUT2D eigenvalue weighted by Gasteiger charge is 2.36. The molecule has 1 aromatic carbocycles. The van der Waals surface area contributed by atoms with Crippen LogP contribution in [-0.2, 0) is 17.5 Å². The van der Waals surface area contributed by atoms with Gasteiger partial charge < -0.3 is 10.5 Å². The molecule has 23 heavy (non-hydrogen) atoms. The second-order valence-electron chi connectivity index (χ2n) is 5.34. The summed E-state index contributed by atoms with van der Waals surface area (Å²) in [4.78, 5) is 7.05. The van der Waals surface area contributed by atoms with Crippen LogP contribution < -0.4 is 5.73 Å². The molecule has 8 heteroatoms. The van der Waals surface area contributed by atoms with Crippen LogP contribution in [0.25, 0.3) is 0 Å². The molecule has 0 saturated carbocycles. The standard InChI is InChI=1S/C15H16F3N3OS/c16-15(17,18)12-4-2-1-3-11(12)13-9-21(5-6-22-13)8-10-7-20-14(19)23-10/h1-4,7,13H,5-6,8-9H2,(H2,19,20). The molecule has 2 aromatic rings. The zero-order valence-electron chi connectivity index (χ0n) is 12.2. The van der Waals surface area contributed by atoms with E-state index in [9.17, 15) is 13.2 Å². The van der Waals surface area contributed by atoms with E-state index >= 15 is 0 Å². The normalized spacial score (nSPS) is 19.9. The van der Waals surface area contributed by atoms with Crippen molar-refractivity contribution in [3.63, 3.8) is 0 Å². The first kappa shape index (κ1) is 16.2. The Bertz CT molecular complexity index is 674. The van der Waals surface area contributed by atoms with Gasteiger partial charge in [0.2, 0.25) is 0 Å². The average Bonchev–Trinajstić information content (AvgIpc) is 2.92. The van der Waals surface area contributed by atoms with Gasteiger partial charge in [0.15, 0.2) is 5.13 Å². The first-order valence-electron chi connectivity index (χ1n) is 7.14. The Labute approximate surface area is 135 Å². The van der Waals surface area contributed by atoms with Crippen molar-refractivity contribution >= 4 is 16.5 Å². The Morgan fingerprint density at radius 3 is 2.83 bits per heavy atom. The van der Waals surface area contributed by atoms with Crippen LogP contribution >= 0.6 is 11.3 Å². The van der Waals surface area contributed by atoms with Crippen LogP contribution in [0.15, 0.2) is 30.5 Å². The molecule has 0 aliphatic carbocycles. The third-order valence-electron chi connectivity index (χ3n) is 3.71. The topological polar surface area (TPSA) is 51.4 Å². The molecule has 1 unspecified atom stereocenters. The number of thiazole rings is 1. The van der Waals surface area contributed by atoms with Crippen LogP contribution in [0.5, 0.6) is 0 Å². The summed E-state index contributed by atoms with van der Waals surface area (Å²) in [5.74, 6) is 0. The van der Waals surface area contributed by atoms with Crippen LogP contribution in [0.2, 0.25) is 0 Å². The van der Waals surface area contributed by atoms with Gasteiger partial charge in [0, 0.05) is 30.7 Å². The molecule has 124 valence electrons. The monoisotopic (exact) mass is 343 g/mol. The second-order valence-corrected chi connectivity index (χ2v) is 6.49. The number of halogens is 3. The number of aromatic nitrogens is 1.